The van der Waals surface area contributed by atoms with Gasteiger partial charge in [0.25, 0.3) is 0 Å². The number of carbonyl (C=O) groups excluding carboxylic acids is 2. The zero-order valence-electron chi connectivity index (χ0n) is 13.0. The molecule has 4 N–H and O–H groups in total. The summed E-state index contributed by atoms with van der Waals surface area (Å²) in [5.41, 5.74) is -2.59. The molecule has 2 atom stereocenters. The van der Waals surface area contributed by atoms with Gasteiger partial charge in [0.05, 0.1) is 12.8 Å². The fraction of sp³-hybridized carbons (Fsp3) is 0.786. The summed E-state index contributed by atoms with van der Waals surface area (Å²) >= 11 is 0. The lowest BCUT2D eigenvalue weighted by atomic mass is 9.96. The van der Waals surface area contributed by atoms with Crippen molar-refractivity contribution in [2.45, 2.75) is 70.5 Å². The van der Waals surface area contributed by atoms with E-state index >= 15 is 0 Å². The fourth-order valence-electron chi connectivity index (χ4n) is 1.93. The van der Waals surface area contributed by atoms with Crippen molar-refractivity contribution in [1.82, 2.24) is 0 Å². The van der Waals surface area contributed by atoms with Gasteiger partial charge in [-0.25, -0.2) is 4.79 Å². The number of aliphatic hydroxyl groups is 1. The lowest BCUT2D eigenvalue weighted by Crippen LogP contribution is -2.44. The molecule has 0 aromatic rings. The van der Waals surface area contributed by atoms with Gasteiger partial charge >= 0.3 is 17.9 Å². The summed E-state index contributed by atoms with van der Waals surface area (Å²) in [5.74, 6) is 0.888. The lowest BCUT2D eigenvalue weighted by Gasteiger charge is -2.23. The van der Waals surface area contributed by atoms with Crippen molar-refractivity contribution in [3.05, 3.63) is 0 Å². The third-order valence-corrected chi connectivity index (χ3v) is 3.29. The van der Waals surface area contributed by atoms with Gasteiger partial charge in [-0.2, -0.15) is 5.90 Å². The van der Waals surface area contributed by atoms with E-state index < -0.39 is 36.4 Å². The molecule has 0 saturated heterocycles. The van der Waals surface area contributed by atoms with Crippen LogP contribution in [0.2, 0.25) is 0 Å². The van der Waals surface area contributed by atoms with Gasteiger partial charge in [0.2, 0.25) is 0 Å². The molecule has 0 radical (unpaired) electrons. The maximum atomic E-state index is 11.8. The predicted molar refractivity (Wildman–Crippen MR) is 76.4 cm³/mol. The molecule has 22 heavy (non-hydrogen) atoms. The summed E-state index contributed by atoms with van der Waals surface area (Å²) in [6.45, 7) is 3.90. The number of carbonyl (C=O) groups is 3. The Balaban J connectivity index is 4.61. The summed E-state index contributed by atoms with van der Waals surface area (Å²) in [5, 5.41) is 18.9. The van der Waals surface area contributed by atoms with Crippen LogP contribution >= 0.6 is 0 Å². The van der Waals surface area contributed by atoms with Crippen LogP contribution in [0.3, 0.4) is 0 Å². The van der Waals surface area contributed by atoms with Crippen LogP contribution in [0.15, 0.2) is 0 Å². The fourth-order valence-corrected chi connectivity index (χ4v) is 1.93. The third-order valence-electron chi connectivity index (χ3n) is 3.29. The van der Waals surface area contributed by atoms with E-state index in [1.54, 1.807) is 0 Å². The molecule has 0 saturated carbocycles. The van der Waals surface area contributed by atoms with Gasteiger partial charge < -0.3 is 19.8 Å². The molecule has 0 rings (SSSR count). The Hall–Kier alpha value is -1.67. The van der Waals surface area contributed by atoms with Gasteiger partial charge in [-0.1, -0.05) is 26.7 Å². The second kappa shape index (κ2) is 10.1. The summed E-state index contributed by atoms with van der Waals surface area (Å²) in [6.07, 6.45) is 2.09. The van der Waals surface area contributed by atoms with Crippen LogP contribution in [0.25, 0.3) is 0 Å². The molecule has 2 unspecified atom stereocenters. The molecule has 0 aliphatic heterocycles. The van der Waals surface area contributed by atoms with Gasteiger partial charge in [-0.15, -0.1) is 0 Å². The monoisotopic (exact) mass is 319 g/mol. The highest BCUT2D eigenvalue weighted by atomic mass is 16.7. The van der Waals surface area contributed by atoms with E-state index in [4.69, 9.17) is 9.84 Å². The maximum absolute atomic E-state index is 11.8. The number of unbranched alkanes of at least 4 members (excludes halogenated alkanes) is 2. The molecule has 0 amide bonds. The summed E-state index contributed by atoms with van der Waals surface area (Å²) in [6, 6.07) is 0. The van der Waals surface area contributed by atoms with Gasteiger partial charge in [0, 0.05) is 0 Å². The van der Waals surface area contributed by atoms with Crippen LogP contribution in [-0.4, -0.2) is 39.8 Å². The van der Waals surface area contributed by atoms with Crippen LogP contribution < -0.4 is 5.90 Å². The maximum Gasteiger partial charge on any atom is 0.336 e. The highest BCUT2D eigenvalue weighted by molar-refractivity contribution is 5.88. The van der Waals surface area contributed by atoms with Gasteiger partial charge in [0.15, 0.2) is 5.60 Å². The molecule has 0 bridgehead atoms. The molecule has 0 aromatic carbocycles. The minimum Gasteiger partial charge on any atom is -0.479 e. The first-order valence-corrected chi connectivity index (χ1v) is 7.33. The SMILES string of the molecule is CCCCCC(CC)OC(=O)CC(O)(CC(=O)ON)C(=O)O. The van der Waals surface area contributed by atoms with Gasteiger partial charge in [0.1, 0.15) is 6.10 Å². The number of rotatable bonds is 11. The molecular formula is C14H25NO7. The number of carboxylic acids is 1. The van der Waals surface area contributed by atoms with E-state index in [9.17, 15) is 19.5 Å². The third kappa shape index (κ3) is 7.37. The normalized spacial score (nSPS) is 14.7. The highest BCUT2D eigenvalue weighted by Crippen LogP contribution is 2.19. The topological polar surface area (TPSA) is 136 Å². The second-order valence-electron chi connectivity index (χ2n) is 5.20. The van der Waals surface area contributed by atoms with Crippen molar-refractivity contribution in [3.63, 3.8) is 0 Å². The number of aliphatic carboxylic acids is 1. The zero-order valence-corrected chi connectivity index (χ0v) is 13.0. The Kier molecular flexibility index (Phi) is 9.35. The largest absolute Gasteiger partial charge is 0.479 e. The van der Waals surface area contributed by atoms with Crippen LogP contribution in [0, 0.1) is 0 Å². The zero-order chi connectivity index (χ0) is 17.2. The van der Waals surface area contributed by atoms with E-state index in [0.717, 1.165) is 19.3 Å². The molecule has 8 heteroatoms. The van der Waals surface area contributed by atoms with E-state index in [0.29, 0.717) is 12.8 Å². The van der Waals surface area contributed by atoms with Crippen molar-refractivity contribution in [3.8, 4) is 0 Å². The van der Waals surface area contributed by atoms with Crippen molar-refractivity contribution in [1.29, 1.82) is 0 Å². The smallest absolute Gasteiger partial charge is 0.336 e. The molecule has 0 spiro atoms. The van der Waals surface area contributed by atoms with Crippen molar-refractivity contribution >= 4 is 17.9 Å². The molecule has 0 aliphatic carbocycles. The van der Waals surface area contributed by atoms with Crippen LogP contribution in [0.5, 0.6) is 0 Å². The number of ether oxygens (including phenoxy) is 1. The Labute approximate surface area is 129 Å². The Morgan fingerprint density at radius 3 is 2.18 bits per heavy atom. The van der Waals surface area contributed by atoms with E-state index in [2.05, 4.69) is 17.7 Å². The first kappa shape index (κ1) is 20.3. The number of hydrogen-bond acceptors (Lipinski definition) is 7. The molecule has 0 heterocycles. The molecule has 0 fully saturated rings. The molecule has 128 valence electrons. The number of nitrogens with two attached hydrogens (primary N) is 1. The lowest BCUT2D eigenvalue weighted by molar-refractivity contribution is -0.175. The van der Waals surface area contributed by atoms with Gasteiger partial charge in [-0.05, 0) is 19.3 Å². The van der Waals surface area contributed by atoms with E-state index in [1.165, 1.54) is 0 Å². The van der Waals surface area contributed by atoms with Crippen LogP contribution in [0.1, 0.15) is 58.8 Å². The minimum atomic E-state index is -2.59. The van der Waals surface area contributed by atoms with Crippen molar-refractivity contribution in [2.24, 2.45) is 5.90 Å². The molecule has 0 aliphatic rings. The molecule has 0 aromatic heterocycles. The summed E-state index contributed by atoms with van der Waals surface area (Å²) < 4.78 is 5.16. The van der Waals surface area contributed by atoms with Gasteiger partial charge in [-0.3, -0.25) is 9.59 Å². The van der Waals surface area contributed by atoms with Crippen molar-refractivity contribution < 1.29 is 34.2 Å². The number of carboxylic acid groups (broad SMARTS) is 1. The first-order chi connectivity index (χ1) is 10.3. The predicted octanol–water partition coefficient (Wildman–Crippen LogP) is 0.901. The molecular weight excluding hydrogens is 294 g/mol. The van der Waals surface area contributed by atoms with E-state index in [1.807, 2.05) is 6.92 Å². The first-order valence-electron chi connectivity index (χ1n) is 7.33. The summed E-state index contributed by atoms with van der Waals surface area (Å²) in [7, 11) is 0. The Bertz CT molecular complexity index is 385. The van der Waals surface area contributed by atoms with Crippen LogP contribution in [-0.2, 0) is 24.0 Å². The van der Waals surface area contributed by atoms with Crippen molar-refractivity contribution in [2.75, 3.05) is 0 Å². The van der Waals surface area contributed by atoms with Crippen LogP contribution in [0.4, 0.5) is 0 Å². The standard InChI is InChI=1S/C14H25NO7/c1-3-5-6-7-10(4-2)21-11(16)8-14(20,13(18)19)9-12(17)22-15/h10,20H,3-9,15H2,1-2H3,(H,18,19). The quantitative estimate of drug-likeness (QED) is 0.290. The second-order valence-corrected chi connectivity index (χ2v) is 5.20. The Morgan fingerprint density at radius 1 is 1.14 bits per heavy atom. The minimum absolute atomic E-state index is 0.335. The average Bonchev–Trinajstić information content (AvgIpc) is 2.45. The highest BCUT2D eigenvalue weighted by Gasteiger charge is 2.42. The average molecular weight is 319 g/mol. The number of esters is 1. The summed E-state index contributed by atoms with van der Waals surface area (Å²) in [4.78, 5) is 37.7. The molecule has 8 nitrogen and oxygen atoms in total. The van der Waals surface area contributed by atoms with E-state index in [-0.39, 0.29) is 6.10 Å². The number of hydrogen-bond donors (Lipinski definition) is 3. The Morgan fingerprint density at radius 2 is 1.73 bits per heavy atom.